The highest BCUT2D eigenvalue weighted by atomic mass is 32.2. The molecule has 0 spiro atoms. The van der Waals surface area contributed by atoms with Crippen LogP contribution in [0.3, 0.4) is 0 Å². The third-order valence-corrected chi connectivity index (χ3v) is 5.77. The molecule has 0 radical (unpaired) electrons. The third-order valence-electron chi connectivity index (χ3n) is 4.92. The SMILES string of the molecule is CSN1CC=C(c2cc3cc(C4CCNCC4)oc3cn2)CC1. The van der Waals surface area contributed by atoms with E-state index in [0.29, 0.717) is 5.92 Å². The zero-order chi connectivity index (χ0) is 15.6. The number of aromatic nitrogens is 1. The lowest BCUT2D eigenvalue weighted by Crippen LogP contribution is -2.26. The fourth-order valence-electron chi connectivity index (χ4n) is 3.50. The van der Waals surface area contributed by atoms with Gasteiger partial charge in [-0.2, -0.15) is 0 Å². The number of hydrogen-bond donors (Lipinski definition) is 1. The smallest absolute Gasteiger partial charge is 0.152 e. The first-order chi connectivity index (χ1) is 11.3. The van der Waals surface area contributed by atoms with E-state index in [-0.39, 0.29) is 0 Å². The Morgan fingerprint density at radius 1 is 1.30 bits per heavy atom. The van der Waals surface area contributed by atoms with Crippen LogP contribution in [-0.4, -0.2) is 41.7 Å². The van der Waals surface area contributed by atoms with Crippen molar-refractivity contribution >= 4 is 28.5 Å². The van der Waals surface area contributed by atoms with E-state index in [2.05, 4.69) is 39.1 Å². The number of piperidine rings is 1. The highest BCUT2D eigenvalue weighted by Crippen LogP contribution is 2.32. The van der Waals surface area contributed by atoms with Crippen LogP contribution in [0.25, 0.3) is 16.5 Å². The lowest BCUT2D eigenvalue weighted by atomic mass is 9.95. The predicted molar refractivity (Wildman–Crippen MR) is 96.5 cm³/mol. The van der Waals surface area contributed by atoms with Gasteiger partial charge in [-0.15, -0.1) is 0 Å². The summed E-state index contributed by atoms with van der Waals surface area (Å²) in [5.74, 6) is 1.68. The second kappa shape index (κ2) is 6.67. The summed E-state index contributed by atoms with van der Waals surface area (Å²) in [6.07, 6.45) is 9.74. The Morgan fingerprint density at radius 2 is 2.17 bits per heavy atom. The van der Waals surface area contributed by atoms with E-state index in [0.717, 1.165) is 62.5 Å². The van der Waals surface area contributed by atoms with Gasteiger partial charge < -0.3 is 9.73 Å². The maximum Gasteiger partial charge on any atom is 0.152 e. The minimum atomic E-state index is 0.552. The van der Waals surface area contributed by atoms with Crippen molar-refractivity contribution in [3.05, 3.63) is 35.9 Å². The summed E-state index contributed by atoms with van der Waals surface area (Å²) in [6.45, 7) is 4.27. The molecule has 0 unspecified atom stereocenters. The highest BCUT2D eigenvalue weighted by Gasteiger charge is 2.20. The van der Waals surface area contributed by atoms with E-state index in [1.807, 2.05) is 18.1 Å². The van der Waals surface area contributed by atoms with Gasteiger partial charge in [0.1, 0.15) is 5.76 Å². The Balaban J connectivity index is 1.59. The van der Waals surface area contributed by atoms with Crippen molar-refractivity contribution in [1.29, 1.82) is 0 Å². The minimum Gasteiger partial charge on any atom is -0.459 e. The number of rotatable bonds is 3. The summed E-state index contributed by atoms with van der Waals surface area (Å²) in [7, 11) is 0. The molecule has 2 aliphatic heterocycles. The van der Waals surface area contributed by atoms with Crippen molar-refractivity contribution in [2.75, 3.05) is 32.4 Å². The van der Waals surface area contributed by atoms with Crippen LogP contribution in [0.2, 0.25) is 0 Å². The van der Waals surface area contributed by atoms with Gasteiger partial charge in [0, 0.05) is 24.4 Å². The topological polar surface area (TPSA) is 41.3 Å². The first-order valence-corrected chi connectivity index (χ1v) is 9.60. The molecule has 0 aromatic carbocycles. The molecule has 0 atom stereocenters. The molecule has 2 aromatic heterocycles. The molecule has 4 rings (SSSR count). The maximum absolute atomic E-state index is 6.06. The molecule has 122 valence electrons. The Labute approximate surface area is 141 Å². The summed E-state index contributed by atoms with van der Waals surface area (Å²) in [5.41, 5.74) is 3.39. The Kier molecular flexibility index (Phi) is 4.42. The molecular weight excluding hydrogens is 306 g/mol. The molecule has 4 heterocycles. The van der Waals surface area contributed by atoms with Crippen molar-refractivity contribution in [3.63, 3.8) is 0 Å². The van der Waals surface area contributed by atoms with Crippen LogP contribution in [0.1, 0.15) is 36.6 Å². The summed E-state index contributed by atoms with van der Waals surface area (Å²) in [6, 6.07) is 4.43. The second-order valence-electron chi connectivity index (χ2n) is 6.33. The molecule has 1 saturated heterocycles. The molecule has 0 amide bonds. The van der Waals surface area contributed by atoms with Crippen molar-refractivity contribution in [2.45, 2.75) is 25.2 Å². The standard InChI is InChI=1S/C18H23N3OS/c1-23-21-8-4-13(5-9-21)16-10-15-11-17(22-18(15)12-20-16)14-2-6-19-7-3-14/h4,10-12,14,19H,2-3,5-9H2,1H3. The third kappa shape index (κ3) is 3.18. The van der Waals surface area contributed by atoms with Gasteiger partial charge in [-0.3, -0.25) is 4.98 Å². The molecule has 2 aromatic rings. The van der Waals surface area contributed by atoms with E-state index >= 15 is 0 Å². The molecule has 4 nitrogen and oxygen atoms in total. The van der Waals surface area contributed by atoms with E-state index in [9.17, 15) is 0 Å². The van der Waals surface area contributed by atoms with E-state index in [1.165, 1.54) is 11.0 Å². The lowest BCUT2D eigenvalue weighted by Gasteiger charge is -2.23. The fourth-order valence-corrected chi connectivity index (χ4v) is 4.00. The van der Waals surface area contributed by atoms with Crippen LogP contribution >= 0.6 is 11.9 Å². The van der Waals surface area contributed by atoms with Gasteiger partial charge in [0.05, 0.1) is 11.9 Å². The second-order valence-corrected chi connectivity index (χ2v) is 7.21. The first-order valence-electron chi connectivity index (χ1n) is 8.42. The summed E-state index contributed by atoms with van der Waals surface area (Å²) in [4.78, 5) is 4.64. The van der Waals surface area contributed by atoms with Gasteiger partial charge in [-0.1, -0.05) is 18.0 Å². The Hall–Kier alpha value is -1.30. The van der Waals surface area contributed by atoms with Crippen LogP contribution in [-0.2, 0) is 0 Å². The zero-order valence-corrected chi connectivity index (χ0v) is 14.4. The lowest BCUT2D eigenvalue weighted by molar-refractivity contribution is 0.397. The predicted octanol–water partition coefficient (Wildman–Crippen LogP) is 3.66. The average Bonchev–Trinajstić information content (AvgIpc) is 3.06. The largest absolute Gasteiger partial charge is 0.459 e. The quantitative estimate of drug-likeness (QED) is 0.870. The Morgan fingerprint density at radius 3 is 2.91 bits per heavy atom. The zero-order valence-electron chi connectivity index (χ0n) is 13.5. The number of furan rings is 1. The van der Waals surface area contributed by atoms with Gasteiger partial charge in [0.15, 0.2) is 5.58 Å². The fraction of sp³-hybridized carbons (Fsp3) is 0.500. The number of pyridine rings is 1. The van der Waals surface area contributed by atoms with Gasteiger partial charge >= 0.3 is 0 Å². The van der Waals surface area contributed by atoms with Crippen molar-refractivity contribution in [2.24, 2.45) is 0 Å². The first kappa shape index (κ1) is 15.2. The average molecular weight is 329 g/mol. The van der Waals surface area contributed by atoms with E-state index in [1.54, 1.807) is 0 Å². The number of fused-ring (bicyclic) bond motifs is 1. The van der Waals surface area contributed by atoms with Crippen molar-refractivity contribution in [1.82, 2.24) is 14.6 Å². The Bertz CT molecular complexity index is 718. The summed E-state index contributed by atoms with van der Waals surface area (Å²) < 4.78 is 8.43. The van der Waals surface area contributed by atoms with E-state index in [4.69, 9.17) is 4.42 Å². The van der Waals surface area contributed by atoms with Crippen LogP contribution in [0.4, 0.5) is 0 Å². The molecule has 2 aliphatic rings. The monoisotopic (exact) mass is 329 g/mol. The van der Waals surface area contributed by atoms with Crippen LogP contribution in [0.5, 0.6) is 0 Å². The van der Waals surface area contributed by atoms with Crippen LogP contribution in [0, 0.1) is 0 Å². The van der Waals surface area contributed by atoms with Crippen molar-refractivity contribution in [3.8, 4) is 0 Å². The molecule has 5 heteroatoms. The molecule has 0 saturated carbocycles. The molecule has 0 aliphatic carbocycles. The number of nitrogens with zero attached hydrogens (tertiary/aromatic N) is 2. The van der Waals surface area contributed by atoms with Crippen LogP contribution in [0.15, 0.2) is 28.8 Å². The maximum atomic E-state index is 6.06. The molecule has 1 fully saturated rings. The van der Waals surface area contributed by atoms with Gasteiger partial charge in [-0.05, 0) is 56.3 Å². The number of nitrogens with one attached hydrogen (secondary N) is 1. The molecule has 0 bridgehead atoms. The molecule has 1 N–H and O–H groups in total. The summed E-state index contributed by atoms with van der Waals surface area (Å²) in [5, 5.41) is 4.60. The normalized spacial score (nSPS) is 20.8. The van der Waals surface area contributed by atoms with E-state index < -0.39 is 0 Å². The summed E-state index contributed by atoms with van der Waals surface area (Å²) >= 11 is 1.81. The molecule has 23 heavy (non-hydrogen) atoms. The van der Waals surface area contributed by atoms with Crippen LogP contribution < -0.4 is 5.32 Å². The van der Waals surface area contributed by atoms with Gasteiger partial charge in [0.2, 0.25) is 0 Å². The minimum absolute atomic E-state index is 0.552. The van der Waals surface area contributed by atoms with Crippen molar-refractivity contribution < 1.29 is 4.42 Å². The highest BCUT2D eigenvalue weighted by molar-refractivity contribution is 7.96. The molecular formula is C18H23N3OS. The van der Waals surface area contributed by atoms with Gasteiger partial charge in [-0.25, -0.2) is 4.31 Å². The number of hydrogen-bond acceptors (Lipinski definition) is 5. The van der Waals surface area contributed by atoms with Gasteiger partial charge in [0.25, 0.3) is 0 Å².